The second kappa shape index (κ2) is 8.11. The molecule has 0 fully saturated rings. The molecule has 3 aromatic carbocycles. The molecule has 2 aliphatic rings. The Hall–Kier alpha value is -3.47. The molecular formula is C25H24N2O3. The maximum atomic E-state index is 12.5. The highest BCUT2D eigenvalue weighted by Crippen LogP contribution is 2.31. The fourth-order valence-corrected chi connectivity index (χ4v) is 4.01. The normalized spacial score (nSPS) is 16.8. The van der Waals surface area contributed by atoms with Crippen LogP contribution in [0.1, 0.15) is 16.7 Å². The quantitative estimate of drug-likeness (QED) is 0.710. The summed E-state index contributed by atoms with van der Waals surface area (Å²) in [6, 6.07) is 24.4. The largest absolute Gasteiger partial charge is 0.485 e. The molecule has 0 radical (unpaired) electrons. The molecule has 0 aromatic heterocycles. The number of nitrogens with one attached hydrogen (secondary N) is 1. The van der Waals surface area contributed by atoms with Gasteiger partial charge < -0.3 is 19.7 Å². The molecule has 3 aromatic rings. The number of rotatable bonds is 5. The van der Waals surface area contributed by atoms with E-state index < -0.39 is 6.10 Å². The van der Waals surface area contributed by atoms with Crippen LogP contribution in [0.4, 0.5) is 5.69 Å². The SMILES string of the molecule is O=C(NCc1ccc(CN2CCc3ccccc32)cc1)C1COc2ccccc2O1. The average Bonchev–Trinajstić information content (AvgIpc) is 3.21. The first-order chi connectivity index (χ1) is 14.8. The van der Waals surface area contributed by atoms with Gasteiger partial charge >= 0.3 is 0 Å². The van der Waals surface area contributed by atoms with Gasteiger partial charge in [-0.25, -0.2) is 0 Å². The molecule has 1 atom stereocenters. The van der Waals surface area contributed by atoms with Crippen molar-refractivity contribution >= 4 is 11.6 Å². The van der Waals surface area contributed by atoms with Gasteiger partial charge in [-0.15, -0.1) is 0 Å². The molecule has 1 N–H and O–H groups in total. The maximum Gasteiger partial charge on any atom is 0.264 e. The van der Waals surface area contributed by atoms with E-state index in [0.29, 0.717) is 18.0 Å². The molecule has 0 spiro atoms. The molecule has 0 aliphatic carbocycles. The lowest BCUT2D eigenvalue weighted by Gasteiger charge is -2.25. The number of carbonyl (C=O) groups excluding carboxylic acids is 1. The smallest absolute Gasteiger partial charge is 0.264 e. The molecule has 0 bridgehead atoms. The number of benzene rings is 3. The van der Waals surface area contributed by atoms with Gasteiger partial charge in [-0.3, -0.25) is 4.79 Å². The predicted octanol–water partition coefficient (Wildman–Crippen LogP) is 3.71. The molecule has 1 amide bonds. The van der Waals surface area contributed by atoms with Crippen molar-refractivity contribution in [3.63, 3.8) is 0 Å². The van der Waals surface area contributed by atoms with E-state index in [-0.39, 0.29) is 12.5 Å². The Balaban J connectivity index is 1.15. The van der Waals surface area contributed by atoms with Crippen molar-refractivity contribution < 1.29 is 14.3 Å². The summed E-state index contributed by atoms with van der Waals surface area (Å²) in [5, 5.41) is 2.95. The van der Waals surface area contributed by atoms with Crippen LogP contribution in [0.5, 0.6) is 11.5 Å². The van der Waals surface area contributed by atoms with Crippen LogP contribution < -0.4 is 19.7 Å². The molecule has 5 nitrogen and oxygen atoms in total. The van der Waals surface area contributed by atoms with E-state index in [1.54, 1.807) is 0 Å². The molecule has 0 saturated carbocycles. The van der Waals surface area contributed by atoms with E-state index in [2.05, 4.69) is 58.7 Å². The van der Waals surface area contributed by atoms with Crippen molar-refractivity contribution in [2.75, 3.05) is 18.1 Å². The van der Waals surface area contributed by atoms with Crippen LogP contribution in [0.3, 0.4) is 0 Å². The van der Waals surface area contributed by atoms with Gasteiger partial charge in [0.1, 0.15) is 6.61 Å². The zero-order valence-corrected chi connectivity index (χ0v) is 16.7. The number of hydrogen-bond donors (Lipinski definition) is 1. The van der Waals surface area contributed by atoms with Gasteiger partial charge in [0.05, 0.1) is 0 Å². The topological polar surface area (TPSA) is 50.8 Å². The number of nitrogens with zero attached hydrogens (tertiary/aromatic N) is 1. The van der Waals surface area contributed by atoms with E-state index in [1.165, 1.54) is 16.8 Å². The third-order valence-corrected chi connectivity index (χ3v) is 5.65. The summed E-state index contributed by atoms with van der Waals surface area (Å²) in [5.74, 6) is 1.12. The van der Waals surface area contributed by atoms with Crippen molar-refractivity contribution in [2.24, 2.45) is 0 Å². The molecule has 2 heterocycles. The zero-order chi connectivity index (χ0) is 20.3. The van der Waals surface area contributed by atoms with E-state index in [4.69, 9.17) is 9.47 Å². The molecular weight excluding hydrogens is 376 g/mol. The van der Waals surface area contributed by atoms with Crippen molar-refractivity contribution in [2.45, 2.75) is 25.6 Å². The Labute approximate surface area is 176 Å². The van der Waals surface area contributed by atoms with Crippen molar-refractivity contribution in [3.05, 3.63) is 89.5 Å². The Kier molecular flexibility index (Phi) is 5.01. The first-order valence-corrected chi connectivity index (χ1v) is 10.3. The maximum absolute atomic E-state index is 12.5. The minimum Gasteiger partial charge on any atom is -0.485 e. The lowest BCUT2D eigenvalue weighted by Crippen LogP contribution is -2.43. The highest BCUT2D eigenvalue weighted by Gasteiger charge is 2.27. The minimum absolute atomic E-state index is 0.165. The number of amides is 1. The lowest BCUT2D eigenvalue weighted by atomic mass is 10.1. The third kappa shape index (κ3) is 3.83. The number of anilines is 1. The first kappa shape index (κ1) is 18.6. The monoisotopic (exact) mass is 400 g/mol. The van der Waals surface area contributed by atoms with Gasteiger partial charge in [-0.05, 0) is 41.3 Å². The Morgan fingerprint density at radius 1 is 0.933 bits per heavy atom. The summed E-state index contributed by atoms with van der Waals surface area (Å²) in [7, 11) is 0. The van der Waals surface area contributed by atoms with Gasteiger partial charge in [-0.1, -0.05) is 54.6 Å². The third-order valence-electron chi connectivity index (χ3n) is 5.65. The molecule has 0 saturated heterocycles. The van der Waals surface area contributed by atoms with Crippen LogP contribution in [0.15, 0.2) is 72.8 Å². The van der Waals surface area contributed by atoms with Crippen LogP contribution in [0.2, 0.25) is 0 Å². The van der Waals surface area contributed by atoms with Crippen LogP contribution in [-0.2, 0) is 24.3 Å². The van der Waals surface area contributed by atoms with Gasteiger partial charge in [0.2, 0.25) is 6.10 Å². The standard InChI is InChI=1S/C25H24N2O3/c28-25(24-17-29-22-7-3-4-8-23(22)30-24)26-15-18-9-11-19(12-10-18)16-27-14-13-20-5-1-2-6-21(20)27/h1-12,24H,13-17H2,(H,26,28). The van der Waals surface area contributed by atoms with Gasteiger partial charge in [0.15, 0.2) is 11.5 Å². The van der Waals surface area contributed by atoms with E-state index in [1.807, 2.05) is 24.3 Å². The van der Waals surface area contributed by atoms with Gasteiger partial charge in [0, 0.05) is 25.3 Å². The molecule has 5 heteroatoms. The van der Waals surface area contributed by atoms with Crippen LogP contribution in [0, 0.1) is 0 Å². The highest BCUT2D eigenvalue weighted by atomic mass is 16.6. The molecule has 2 aliphatic heterocycles. The second-order valence-electron chi connectivity index (χ2n) is 7.70. The van der Waals surface area contributed by atoms with Crippen LogP contribution >= 0.6 is 0 Å². The summed E-state index contributed by atoms with van der Waals surface area (Å²) in [6.07, 6.45) is 0.479. The Bertz CT molecular complexity index is 1050. The van der Waals surface area contributed by atoms with Crippen molar-refractivity contribution in [1.29, 1.82) is 0 Å². The fraction of sp³-hybridized carbons (Fsp3) is 0.240. The number of fused-ring (bicyclic) bond motifs is 2. The summed E-state index contributed by atoms with van der Waals surface area (Å²) in [6.45, 7) is 2.65. The molecule has 30 heavy (non-hydrogen) atoms. The summed E-state index contributed by atoms with van der Waals surface area (Å²) in [4.78, 5) is 14.9. The highest BCUT2D eigenvalue weighted by molar-refractivity contribution is 5.81. The zero-order valence-electron chi connectivity index (χ0n) is 16.7. The van der Waals surface area contributed by atoms with Crippen LogP contribution in [0.25, 0.3) is 0 Å². The van der Waals surface area contributed by atoms with E-state index >= 15 is 0 Å². The number of carbonyl (C=O) groups is 1. The number of ether oxygens (including phenoxy) is 2. The Morgan fingerprint density at radius 2 is 1.67 bits per heavy atom. The fourth-order valence-electron chi connectivity index (χ4n) is 4.01. The predicted molar refractivity (Wildman–Crippen MR) is 116 cm³/mol. The van der Waals surface area contributed by atoms with Crippen molar-refractivity contribution in [1.82, 2.24) is 5.32 Å². The summed E-state index contributed by atoms with van der Waals surface area (Å²) >= 11 is 0. The molecule has 5 rings (SSSR count). The lowest BCUT2D eigenvalue weighted by molar-refractivity contribution is -0.130. The summed E-state index contributed by atoms with van der Waals surface area (Å²) in [5.41, 5.74) is 5.09. The average molecular weight is 400 g/mol. The van der Waals surface area contributed by atoms with Crippen molar-refractivity contribution in [3.8, 4) is 11.5 Å². The molecule has 1 unspecified atom stereocenters. The molecule has 152 valence electrons. The number of hydrogen-bond acceptors (Lipinski definition) is 4. The number of para-hydroxylation sites is 3. The van der Waals surface area contributed by atoms with Gasteiger partial charge in [-0.2, -0.15) is 0 Å². The first-order valence-electron chi connectivity index (χ1n) is 10.3. The van der Waals surface area contributed by atoms with E-state index in [9.17, 15) is 4.79 Å². The van der Waals surface area contributed by atoms with E-state index in [0.717, 1.165) is 25.1 Å². The summed E-state index contributed by atoms with van der Waals surface area (Å²) < 4.78 is 11.4. The van der Waals surface area contributed by atoms with Gasteiger partial charge in [0.25, 0.3) is 5.91 Å². The Morgan fingerprint density at radius 3 is 2.53 bits per heavy atom. The second-order valence-corrected chi connectivity index (χ2v) is 7.70. The van der Waals surface area contributed by atoms with Crippen LogP contribution in [-0.4, -0.2) is 25.2 Å². The minimum atomic E-state index is -0.630.